The number of likely N-dealkylation sites (N-methyl/N-ethyl adjacent to an activating group) is 1. The van der Waals surface area contributed by atoms with E-state index < -0.39 is 0 Å². The van der Waals surface area contributed by atoms with Crippen molar-refractivity contribution in [2.75, 3.05) is 33.4 Å². The van der Waals surface area contributed by atoms with Gasteiger partial charge in [-0.25, -0.2) is 0 Å². The van der Waals surface area contributed by atoms with Gasteiger partial charge >= 0.3 is 11.9 Å². The second-order valence-corrected chi connectivity index (χ2v) is 10.9. The highest BCUT2D eigenvalue weighted by Crippen LogP contribution is 2.26. The van der Waals surface area contributed by atoms with Gasteiger partial charge in [-0.15, -0.1) is 0 Å². The van der Waals surface area contributed by atoms with Crippen LogP contribution in [0.3, 0.4) is 0 Å². The number of hydrogen-bond donors (Lipinski definition) is 0. The van der Waals surface area contributed by atoms with Gasteiger partial charge in [0, 0.05) is 25.9 Å². The van der Waals surface area contributed by atoms with E-state index in [9.17, 15) is 9.59 Å². The van der Waals surface area contributed by atoms with Gasteiger partial charge in [-0.05, 0) is 42.6 Å². The Morgan fingerprint density at radius 3 is 1.36 bits per heavy atom. The van der Waals surface area contributed by atoms with Crippen molar-refractivity contribution in [3.8, 4) is 0 Å². The topological polar surface area (TPSA) is 55.8 Å². The van der Waals surface area contributed by atoms with E-state index in [1.54, 1.807) is 0 Å². The van der Waals surface area contributed by atoms with E-state index in [-0.39, 0.29) is 22.8 Å². The lowest BCUT2D eigenvalue weighted by molar-refractivity contribution is -0.145. The van der Waals surface area contributed by atoms with Gasteiger partial charge in [0.05, 0.1) is 0 Å². The molecular weight excluding hydrogens is 354 g/mol. The summed E-state index contributed by atoms with van der Waals surface area (Å²) in [5, 5.41) is 0. The van der Waals surface area contributed by atoms with Gasteiger partial charge in [-0.3, -0.25) is 14.5 Å². The molecule has 5 nitrogen and oxygen atoms in total. The van der Waals surface area contributed by atoms with E-state index >= 15 is 0 Å². The molecule has 0 radical (unpaired) electrons. The SMILES string of the molecule is CC(CC(=O)OCCN(C)CCOC(=O)CC(C)CC(C)(C)C)CC(C)(C)C. The lowest BCUT2D eigenvalue weighted by Crippen LogP contribution is -2.29. The number of ether oxygens (including phenoxy) is 2. The zero-order valence-corrected chi connectivity index (χ0v) is 19.9. The van der Waals surface area contributed by atoms with Crippen LogP contribution in [0, 0.1) is 22.7 Å². The molecule has 0 aliphatic rings. The first-order chi connectivity index (χ1) is 12.7. The highest BCUT2D eigenvalue weighted by atomic mass is 16.5. The van der Waals surface area contributed by atoms with Crippen molar-refractivity contribution in [1.82, 2.24) is 4.90 Å². The van der Waals surface area contributed by atoms with Crippen molar-refractivity contribution in [1.29, 1.82) is 0 Å². The van der Waals surface area contributed by atoms with Gasteiger partial charge in [-0.2, -0.15) is 0 Å². The van der Waals surface area contributed by atoms with Crippen molar-refractivity contribution >= 4 is 11.9 Å². The quantitative estimate of drug-likeness (QED) is 0.436. The molecule has 0 rings (SSSR count). The van der Waals surface area contributed by atoms with Crippen LogP contribution < -0.4 is 0 Å². The molecular formula is C23H45NO4. The summed E-state index contributed by atoms with van der Waals surface area (Å²) in [6, 6.07) is 0. The van der Waals surface area contributed by atoms with Crippen molar-refractivity contribution in [3.05, 3.63) is 0 Å². The Bertz CT molecular complexity index is 420. The third-order valence-corrected chi connectivity index (χ3v) is 4.42. The molecule has 0 amide bonds. The summed E-state index contributed by atoms with van der Waals surface area (Å²) >= 11 is 0. The zero-order valence-electron chi connectivity index (χ0n) is 19.9. The summed E-state index contributed by atoms with van der Waals surface area (Å²) in [5.41, 5.74) is 0.448. The highest BCUT2D eigenvalue weighted by Gasteiger charge is 2.19. The molecule has 28 heavy (non-hydrogen) atoms. The average Bonchev–Trinajstić information content (AvgIpc) is 2.42. The van der Waals surface area contributed by atoms with Gasteiger partial charge in [0.1, 0.15) is 13.2 Å². The van der Waals surface area contributed by atoms with Gasteiger partial charge in [0.15, 0.2) is 0 Å². The standard InChI is InChI=1S/C23H45NO4/c1-18(16-22(3,4)5)14-20(25)27-12-10-24(9)11-13-28-21(26)15-19(2)17-23(6,7)8/h18-19H,10-17H2,1-9H3. The molecule has 0 saturated carbocycles. The van der Waals surface area contributed by atoms with Crippen LogP contribution in [-0.4, -0.2) is 50.2 Å². The molecule has 0 fully saturated rings. The van der Waals surface area contributed by atoms with Crippen LogP contribution in [0.15, 0.2) is 0 Å². The summed E-state index contributed by atoms with van der Waals surface area (Å²) in [6.45, 7) is 19.3. The van der Waals surface area contributed by atoms with E-state index in [1.165, 1.54) is 0 Å². The van der Waals surface area contributed by atoms with Crippen LogP contribution in [0.5, 0.6) is 0 Å². The third-order valence-electron chi connectivity index (χ3n) is 4.42. The molecule has 0 bridgehead atoms. The summed E-state index contributed by atoms with van der Waals surface area (Å²) in [5.74, 6) is 0.379. The average molecular weight is 400 g/mol. The van der Waals surface area contributed by atoms with Crippen molar-refractivity contribution in [2.45, 2.75) is 81.1 Å². The number of carbonyl (C=O) groups excluding carboxylic acids is 2. The highest BCUT2D eigenvalue weighted by molar-refractivity contribution is 5.70. The second kappa shape index (κ2) is 12.5. The minimum atomic E-state index is -0.135. The maximum Gasteiger partial charge on any atom is 0.306 e. The third kappa shape index (κ3) is 17.0. The molecule has 2 unspecified atom stereocenters. The van der Waals surface area contributed by atoms with Crippen LogP contribution in [0.4, 0.5) is 0 Å². The Morgan fingerprint density at radius 2 is 1.07 bits per heavy atom. The fourth-order valence-corrected chi connectivity index (χ4v) is 3.66. The maximum absolute atomic E-state index is 11.9. The lowest BCUT2D eigenvalue weighted by Gasteiger charge is -2.23. The minimum absolute atomic E-state index is 0.135. The lowest BCUT2D eigenvalue weighted by atomic mass is 9.84. The molecule has 2 atom stereocenters. The number of hydrogen-bond acceptors (Lipinski definition) is 5. The Morgan fingerprint density at radius 1 is 0.750 bits per heavy atom. The molecule has 0 aliphatic heterocycles. The van der Waals surface area contributed by atoms with E-state index in [0.29, 0.717) is 51.0 Å². The van der Waals surface area contributed by atoms with Crippen LogP contribution >= 0.6 is 0 Å². The van der Waals surface area contributed by atoms with Crippen molar-refractivity contribution in [3.63, 3.8) is 0 Å². The zero-order chi connectivity index (χ0) is 22.0. The van der Waals surface area contributed by atoms with E-state index in [2.05, 4.69) is 55.4 Å². The molecule has 5 heteroatoms. The Kier molecular flexibility index (Phi) is 12.0. The van der Waals surface area contributed by atoms with E-state index in [4.69, 9.17) is 9.47 Å². The number of esters is 2. The normalized spacial score (nSPS) is 14.6. The van der Waals surface area contributed by atoms with Crippen LogP contribution in [0.1, 0.15) is 81.1 Å². The van der Waals surface area contributed by atoms with Crippen LogP contribution in [-0.2, 0) is 19.1 Å². The summed E-state index contributed by atoms with van der Waals surface area (Å²) in [4.78, 5) is 25.8. The van der Waals surface area contributed by atoms with Gasteiger partial charge in [0.25, 0.3) is 0 Å². The first-order valence-corrected chi connectivity index (χ1v) is 10.7. The summed E-state index contributed by atoms with van der Waals surface area (Å²) in [6.07, 6.45) is 2.93. The first-order valence-electron chi connectivity index (χ1n) is 10.7. The predicted octanol–water partition coefficient (Wildman–Crippen LogP) is 4.93. The maximum atomic E-state index is 11.9. The number of rotatable bonds is 12. The van der Waals surface area contributed by atoms with Crippen LogP contribution in [0.25, 0.3) is 0 Å². The smallest absolute Gasteiger partial charge is 0.306 e. The van der Waals surface area contributed by atoms with Crippen LogP contribution in [0.2, 0.25) is 0 Å². The Hall–Kier alpha value is -1.10. The second-order valence-electron chi connectivity index (χ2n) is 10.9. The largest absolute Gasteiger partial charge is 0.464 e. The molecule has 0 aromatic carbocycles. The molecule has 0 aromatic rings. The van der Waals surface area contributed by atoms with Crippen molar-refractivity contribution < 1.29 is 19.1 Å². The van der Waals surface area contributed by atoms with Gasteiger partial charge in [0.2, 0.25) is 0 Å². The minimum Gasteiger partial charge on any atom is -0.464 e. The molecule has 166 valence electrons. The monoisotopic (exact) mass is 399 g/mol. The number of carbonyl (C=O) groups is 2. The van der Waals surface area contributed by atoms with Gasteiger partial charge < -0.3 is 9.47 Å². The fourth-order valence-electron chi connectivity index (χ4n) is 3.66. The summed E-state index contributed by atoms with van der Waals surface area (Å²) in [7, 11) is 1.94. The molecule has 0 N–H and O–H groups in total. The molecule has 0 saturated heterocycles. The molecule has 0 aliphatic carbocycles. The Labute approximate surface area is 173 Å². The summed E-state index contributed by atoms with van der Waals surface area (Å²) < 4.78 is 10.7. The fraction of sp³-hybridized carbons (Fsp3) is 0.913. The predicted molar refractivity (Wildman–Crippen MR) is 115 cm³/mol. The van der Waals surface area contributed by atoms with Gasteiger partial charge in [-0.1, -0.05) is 55.4 Å². The van der Waals surface area contributed by atoms with E-state index in [1.807, 2.05) is 11.9 Å². The first kappa shape index (κ1) is 26.9. The Balaban J connectivity index is 3.86. The van der Waals surface area contributed by atoms with Crippen molar-refractivity contribution in [2.24, 2.45) is 22.7 Å². The van der Waals surface area contributed by atoms with E-state index in [0.717, 1.165) is 12.8 Å². The number of nitrogens with zero attached hydrogens (tertiary/aromatic N) is 1. The molecule has 0 aromatic heterocycles. The molecule has 0 spiro atoms. The molecule has 0 heterocycles.